The average Bonchev–Trinajstić information content (AvgIpc) is 2.58. The van der Waals surface area contributed by atoms with Crippen LogP contribution in [-0.2, 0) is 0 Å². The first-order valence-corrected chi connectivity index (χ1v) is 11.2. The first kappa shape index (κ1) is 26.5. The minimum absolute atomic E-state index is 0. The summed E-state index contributed by atoms with van der Waals surface area (Å²) in [5.41, 5.74) is 0. The SMILES string of the molecule is CCCCCCCCCCCCCCCCCC[NH+](CC)CC.[Cl-]. The molecule has 0 unspecified atom stereocenters. The van der Waals surface area contributed by atoms with Gasteiger partial charge in [0.05, 0.1) is 19.6 Å². The Balaban J connectivity index is 0. The van der Waals surface area contributed by atoms with Gasteiger partial charge in [-0.3, -0.25) is 0 Å². The van der Waals surface area contributed by atoms with Gasteiger partial charge in [0.2, 0.25) is 0 Å². The molecule has 0 aromatic rings. The van der Waals surface area contributed by atoms with E-state index in [1.807, 2.05) is 0 Å². The van der Waals surface area contributed by atoms with E-state index in [9.17, 15) is 0 Å². The zero-order valence-corrected chi connectivity index (χ0v) is 18.1. The van der Waals surface area contributed by atoms with Crippen molar-refractivity contribution in [2.24, 2.45) is 0 Å². The molecule has 0 aromatic carbocycles. The molecule has 1 nitrogen and oxygen atoms in total. The van der Waals surface area contributed by atoms with E-state index in [4.69, 9.17) is 0 Å². The molecule has 148 valence electrons. The number of nitrogens with one attached hydrogen (secondary N) is 1. The van der Waals surface area contributed by atoms with Crippen molar-refractivity contribution >= 4 is 0 Å². The van der Waals surface area contributed by atoms with Crippen LogP contribution in [0.2, 0.25) is 0 Å². The summed E-state index contributed by atoms with van der Waals surface area (Å²) in [6.07, 6.45) is 23.5. The van der Waals surface area contributed by atoms with E-state index in [2.05, 4.69) is 20.8 Å². The highest BCUT2D eigenvalue weighted by molar-refractivity contribution is 4.49. The second-order valence-electron chi connectivity index (χ2n) is 7.51. The highest BCUT2D eigenvalue weighted by Crippen LogP contribution is 2.13. The molecule has 0 saturated heterocycles. The summed E-state index contributed by atoms with van der Waals surface area (Å²) in [5, 5.41) is 0. The van der Waals surface area contributed by atoms with Gasteiger partial charge in [0, 0.05) is 0 Å². The van der Waals surface area contributed by atoms with Crippen molar-refractivity contribution in [3.8, 4) is 0 Å². The van der Waals surface area contributed by atoms with Gasteiger partial charge in [0.15, 0.2) is 0 Å². The van der Waals surface area contributed by atoms with Crippen molar-refractivity contribution in [3.05, 3.63) is 0 Å². The Labute approximate surface area is 160 Å². The minimum Gasteiger partial charge on any atom is -1.00 e. The second-order valence-corrected chi connectivity index (χ2v) is 7.51. The van der Waals surface area contributed by atoms with Gasteiger partial charge in [0.25, 0.3) is 0 Å². The third-order valence-electron chi connectivity index (χ3n) is 5.38. The highest BCUT2D eigenvalue weighted by atomic mass is 35.5. The highest BCUT2D eigenvalue weighted by Gasteiger charge is 2.01. The topological polar surface area (TPSA) is 4.44 Å². The van der Waals surface area contributed by atoms with Crippen LogP contribution in [0.3, 0.4) is 0 Å². The normalized spacial score (nSPS) is 11.0. The van der Waals surface area contributed by atoms with Crippen LogP contribution in [0.5, 0.6) is 0 Å². The maximum atomic E-state index is 2.31. The fraction of sp³-hybridized carbons (Fsp3) is 1.00. The first-order chi connectivity index (χ1) is 11.3. The molecule has 0 bridgehead atoms. The van der Waals surface area contributed by atoms with Gasteiger partial charge in [-0.1, -0.05) is 96.8 Å². The van der Waals surface area contributed by atoms with E-state index in [-0.39, 0.29) is 12.4 Å². The lowest BCUT2D eigenvalue weighted by Crippen LogP contribution is -3.11. The van der Waals surface area contributed by atoms with E-state index >= 15 is 0 Å². The summed E-state index contributed by atoms with van der Waals surface area (Å²) in [5.74, 6) is 0. The third-order valence-corrected chi connectivity index (χ3v) is 5.38. The van der Waals surface area contributed by atoms with Gasteiger partial charge in [-0.2, -0.15) is 0 Å². The molecule has 1 N–H and O–H groups in total. The summed E-state index contributed by atoms with van der Waals surface area (Å²) in [4.78, 5) is 1.77. The standard InChI is InChI=1S/C22H47N.ClH/c1-4-7-8-9-10-11-12-13-14-15-16-17-18-19-20-21-22-23(5-2)6-3;/h4-22H2,1-3H3;1H. The van der Waals surface area contributed by atoms with E-state index in [1.165, 1.54) is 122 Å². The molecule has 0 spiro atoms. The molecule has 0 saturated carbocycles. The van der Waals surface area contributed by atoms with Gasteiger partial charge in [-0.15, -0.1) is 0 Å². The smallest absolute Gasteiger partial charge is 0.0770 e. The van der Waals surface area contributed by atoms with Gasteiger partial charge in [-0.05, 0) is 26.7 Å². The van der Waals surface area contributed by atoms with Crippen LogP contribution in [0.15, 0.2) is 0 Å². The Bertz CT molecular complexity index is 204. The number of unbranched alkanes of at least 4 members (excludes halogenated alkanes) is 15. The summed E-state index contributed by atoms with van der Waals surface area (Å²) < 4.78 is 0. The predicted octanol–water partition coefficient (Wildman–Crippen LogP) is 3.18. The van der Waals surface area contributed by atoms with Crippen molar-refractivity contribution in [1.29, 1.82) is 0 Å². The molecule has 0 radical (unpaired) electrons. The van der Waals surface area contributed by atoms with Crippen molar-refractivity contribution in [1.82, 2.24) is 0 Å². The van der Waals surface area contributed by atoms with Gasteiger partial charge in [0.1, 0.15) is 0 Å². The number of hydrogen-bond donors (Lipinski definition) is 1. The summed E-state index contributed by atoms with van der Waals surface area (Å²) in [7, 11) is 0. The molecule has 0 heterocycles. The van der Waals surface area contributed by atoms with Crippen molar-refractivity contribution < 1.29 is 17.3 Å². The number of halogens is 1. The fourth-order valence-corrected chi connectivity index (χ4v) is 3.53. The molecule has 0 aliphatic carbocycles. The molecular weight excluding hydrogens is 314 g/mol. The zero-order chi connectivity index (χ0) is 17.0. The lowest BCUT2D eigenvalue weighted by atomic mass is 10.0. The van der Waals surface area contributed by atoms with Crippen LogP contribution in [-0.4, -0.2) is 19.6 Å². The molecule has 0 atom stereocenters. The van der Waals surface area contributed by atoms with E-state index in [0.717, 1.165) is 0 Å². The Morgan fingerprint density at radius 2 is 0.708 bits per heavy atom. The molecule has 0 aromatic heterocycles. The van der Waals surface area contributed by atoms with Gasteiger partial charge >= 0.3 is 0 Å². The number of rotatable bonds is 19. The fourth-order valence-electron chi connectivity index (χ4n) is 3.53. The molecule has 0 aliphatic heterocycles. The van der Waals surface area contributed by atoms with Crippen LogP contribution in [0.25, 0.3) is 0 Å². The Hall–Kier alpha value is 0.250. The van der Waals surface area contributed by atoms with Gasteiger partial charge < -0.3 is 17.3 Å². The van der Waals surface area contributed by atoms with Crippen LogP contribution in [0, 0.1) is 0 Å². The summed E-state index contributed by atoms with van der Waals surface area (Å²) >= 11 is 0. The van der Waals surface area contributed by atoms with Crippen LogP contribution in [0.4, 0.5) is 0 Å². The average molecular weight is 362 g/mol. The summed E-state index contributed by atoms with van der Waals surface area (Å²) in [6.45, 7) is 10.9. The maximum Gasteiger partial charge on any atom is 0.0770 e. The Morgan fingerprint density at radius 1 is 0.417 bits per heavy atom. The lowest BCUT2D eigenvalue weighted by molar-refractivity contribution is -0.896. The number of quaternary nitrogens is 1. The van der Waals surface area contributed by atoms with Crippen LogP contribution < -0.4 is 17.3 Å². The Kier molecular flexibility index (Phi) is 25.7. The van der Waals surface area contributed by atoms with Crippen molar-refractivity contribution in [2.45, 2.75) is 124 Å². The second kappa shape index (κ2) is 23.2. The molecular formula is C22H48ClN. The predicted molar refractivity (Wildman–Crippen MR) is 106 cm³/mol. The minimum atomic E-state index is 0. The van der Waals surface area contributed by atoms with E-state index < -0.39 is 0 Å². The zero-order valence-electron chi connectivity index (χ0n) is 17.3. The molecule has 0 fully saturated rings. The molecule has 24 heavy (non-hydrogen) atoms. The Morgan fingerprint density at radius 3 is 1.00 bits per heavy atom. The molecule has 0 rings (SSSR count). The summed E-state index contributed by atoms with van der Waals surface area (Å²) in [6, 6.07) is 0. The van der Waals surface area contributed by atoms with Gasteiger partial charge in [-0.25, -0.2) is 0 Å². The molecule has 0 aliphatic rings. The van der Waals surface area contributed by atoms with Crippen LogP contribution >= 0.6 is 0 Å². The van der Waals surface area contributed by atoms with Crippen molar-refractivity contribution in [2.75, 3.05) is 19.6 Å². The molecule has 2 heteroatoms. The lowest BCUT2D eigenvalue weighted by Gasteiger charge is -2.14. The number of hydrogen-bond acceptors (Lipinski definition) is 0. The molecule has 0 amide bonds. The van der Waals surface area contributed by atoms with E-state index in [1.54, 1.807) is 4.90 Å². The van der Waals surface area contributed by atoms with E-state index in [0.29, 0.717) is 0 Å². The quantitative estimate of drug-likeness (QED) is 0.337. The largest absolute Gasteiger partial charge is 1.00 e. The van der Waals surface area contributed by atoms with Crippen molar-refractivity contribution in [3.63, 3.8) is 0 Å². The third kappa shape index (κ3) is 20.3. The maximum absolute atomic E-state index is 2.31. The monoisotopic (exact) mass is 361 g/mol. The van der Waals surface area contributed by atoms with Crippen LogP contribution in [0.1, 0.15) is 124 Å². The first-order valence-electron chi connectivity index (χ1n) is 11.2.